The summed E-state index contributed by atoms with van der Waals surface area (Å²) in [6.45, 7) is 2.28. The van der Waals surface area contributed by atoms with Crippen molar-refractivity contribution in [3.8, 4) is 0 Å². The molecule has 34 heavy (non-hydrogen) atoms. The maximum Gasteiger partial charge on any atom is 0.260 e. The van der Waals surface area contributed by atoms with Crippen LogP contribution >= 0.6 is 23.7 Å². The molecule has 0 saturated carbocycles. The quantitative estimate of drug-likeness (QED) is 0.439. The van der Waals surface area contributed by atoms with E-state index in [2.05, 4.69) is 4.98 Å². The van der Waals surface area contributed by atoms with Gasteiger partial charge in [-0.05, 0) is 82.4 Å². The van der Waals surface area contributed by atoms with Crippen LogP contribution in [0, 0.1) is 5.82 Å². The summed E-state index contributed by atoms with van der Waals surface area (Å²) in [4.78, 5) is 21.8. The molecule has 0 atom stereocenters. The van der Waals surface area contributed by atoms with Gasteiger partial charge in [0.15, 0.2) is 5.13 Å². The molecule has 1 aromatic heterocycles. The van der Waals surface area contributed by atoms with Crippen molar-refractivity contribution in [3.63, 3.8) is 0 Å². The highest BCUT2D eigenvalue weighted by Gasteiger charge is 2.28. The molecule has 0 aliphatic carbocycles. The van der Waals surface area contributed by atoms with Crippen LogP contribution in [0.4, 0.5) is 9.52 Å². The Balaban J connectivity index is 0.00000324. The van der Waals surface area contributed by atoms with Gasteiger partial charge in [0.1, 0.15) is 5.82 Å². The van der Waals surface area contributed by atoms with Gasteiger partial charge in [-0.25, -0.2) is 17.8 Å². The standard InChI is InChI=1S/C23H27FN4O3S2.ClH/c1-26(2)12-5-15-28(23-25-20-11-8-18(24)16-21(20)32-23)22(29)17-6-9-19(10-7-17)33(30,31)27-13-3-4-14-27;/h6-11,16H,3-5,12-15H2,1-2H3;1H. The molecule has 2 aromatic carbocycles. The summed E-state index contributed by atoms with van der Waals surface area (Å²) >= 11 is 1.26. The molecule has 1 saturated heterocycles. The van der Waals surface area contributed by atoms with Crippen LogP contribution in [0.15, 0.2) is 47.4 Å². The molecular formula is C23H28ClFN4O3S2. The van der Waals surface area contributed by atoms with Crippen LogP contribution in [0.25, 0.3) is 10.2 Å². The smallest absolute Gasteiger partial charge is 0.260 e. The number of carbonyl (C=O) groups is 1. The van der Waals surface area contributed by atoms with Gasteiger partial charge in [0.25, 0.3) is 5.91 Å². The van der Waals surface area contributed by atoms with Crippen molar-refractivity contribution < 1.29 is 17.6 Å². The van der Waals surface area contributed by atoms with Crippen molar-refractivity contribution in [2.45, 2.75) is 24.2 Å². The summed E-state index contributed by atoms with van der Waals surface area (Å²) < 4.78 is 41.4. The molecule has 0 unspecified atom stereocenters. The second-order valence-electron chi connectivity index (χ2n) is 8.36. The van der Waals surface area contributed by atoms with Crippen molar-refractivity contribution in [2.24, 2.45) is 0 Å². The number of sulfonamides is 1. The Bertz CT molecular complexity index is 1240. The van der Waals surface area contributed by atoms with Crippen LogP contribution in [-0.4, -0.2) is 68.8 Å². The van der Waals surface area contributed by atoms with Gasteiger partial charge in [-0.2, -0.15) is 4.31 Å². The zero-order chi connectivity index (χ0) is 23.6. The number of fused-ring (bicyclic) bond motifs is 1. The fourth-order valence-electron chi connectivity index (χ4n) is 3.83. The number of aromatic nitrogens is 1. The highest BCUT2D eigenvalue weighted by molar-refractivity contribution is 7.89. The lowest BCUT2D eigenvalue weighted by Crippen LogP contribution is -2.33. The summed E-state index contributed by atoms with van der Waals surface area (Å²) in [6.07, 6.45) is 2.46. The van der Waals surface area contributed by atoms with Crippen molar-refractivity contribution in [2.75, 3.05) is 45.2 Å². The van der Waals surface area contributed by atoms with E-state index in [1.165, 1.54) is 39.9 Å². The Morgan fingerprint density at radius 3 is 2.41 bits per heavy atom. The van der Waals surface area contributed by atoms with Gasteiger partial charge in [-0.1, -0.05) is 11.3 Å². The third-order valence-electron chi connectivity index (χ3n) is 5.61. The summed E-state index contributed by atoms with van der Waals surface area (Å²) in [5.41, 5.74) is 1.01. The number of benzene rings is 2. The normalized spacial score (nSPS) is 14.5. The average molecular weight is 527 g/mol. The van der Waals surface area contributed by atoms with Crippen molar-refractivity contribution in [1.82, 2.24) is 14.2 Å². The lowest BCUT2D eigenvalue weighted by molar-refractivity contribution is 0.0986. The van der Waals surface area contributed by atoms with Crippen LogP contribution in [-0.2, 0) is 10.0 Å². The first-order valence-corrected chi connectivity index (χ1v) is 13.1. The van der Waals surface area contributed by atoms with Gasteiger partial charge in [0, 0.05) is 25.2 Å². The Morgan fingerprint density at radius 2 is 1.76 bits per heavy atom. The molecule has 1 aliphatic heterocycles. The number of hydrogen-bond donors (Lipinski definition) is 0. The number of carbonyl (C=O) groups excluding carboxylic acids is 1. The Hall–Kier alpha value is -2.11. The van der Waals surface area contributed by atoms with Gasteiger partial charge >= 0.3 is 0 Å². The van der Waals surface area contributed by atoms with E-state index in [4.69, 9.17) is 0 Å². The van der Waals surface area contributed by atoms with Crippen LogP contribution < -0.4 is 4.90 Å². The lowest BCUT2D eigenvalue weighted by Gasteiger charge is -2.21. The molecule has 0 N–H and O–H groups in total. The highest BCUT2D eigenvalue weighted by Crippen LogP contribution is 2.31. The molecule has 2 heterocycles. The topological polar surface area (TPSA) is 73.8 Å². The number of halogens is 2. The Kier molecular flexibility index (Phi) is 8.64. The van der Waals surface area contributed by atoms with Crippen LogP contribution in [0.3, 0.4) is 0 Å². The number of nitrogens with zero attached hydrogens (tertiary/aromatic N) is 4. The fraction of sp³-hybridized carbons (Fsp3) is 0.391. The number of anilines is 1. The molecule has 1 amide bonds. The van der Waals surface area contributed by atoms with Gasteiger partial charge in [-0.3, -0.25) is 9.69 Å². The number of hydrogen-bond acceptors (Lipinski definition) is 6. The van der Waals surface area contributed by atoms with Crippen molar-refractivity contribution in [3.05, 3.63) is 53.8 Å². The largest absolute Gasteiger partial charge is 0.309 e. The molecule has 11 heteroatoms. The molecular weight excluding hydrogens is 499 g/mol. The van der Waals surface area contributed by atoms with E-state index in [1.54, 1.807) is 23.1 Å². The van der Waals surface area contributed by atoms with Crippen LogP contribution in [0.5, 0.6) is 0 Å². The average Bonchev–Trinajstić information content (AvgIpc) is 3.46. The van der Waals surface area contributed by atoms with Crippen LogP contribution in [0.1, 0.15) is 29.6 Å². The van der Waals surface area contributed by atoms with Gasteiger partial charge in [0.05, 0.1) is 15.1 Å². The molecule has 7 nitrogen and oxygen atoms in total. The van der Waals surface area contributed by atoms with Gasteiger partial charge in [-0.15, -0.1) is 12.4 Å². The summed E-state index contributed by atoms with van der Waals surface area (Å²) in [5, 5.41) is 0.494. The zero-order valence-electron chi connectivity index (χ0n) is 19.1. The second kappa shape index (κ2) is 11.1. The van der Waals surface area contributed by atoms with Crippen molar-refractivity contribution >= 4 is 55.0 Å². The highest BCUT2D eigenvalue weighted by atomic mass is 35.5. The van der Waals surface area contributed by atoms with E-state index in [0.29, 0.717) is 40.5 Å². The first-order chi connectivity index (χ1) is 15.8. The summed E-state index contributed by atoms with van der Waals surface area (Å²) in [6, 6.07) is 10.5. The minimum atomic E-state index is -3.54. The number of amides is 1. The molecule has 1 fully saturated rings. The first kappa shape index (κ1) is 26.5. The fourth-order valence-corrected chi connectivity index (χ4v) is 6.37. The first-order valence-electron chi connectivity index (χ1n) is 10.9. The third kappa shape index (κ3) is 5.75. The SMILES string of the molecule is CN(C)CCCN(C(=O)c1ccc(S(=O)(=O)N2CCCC2)cc1)c1nc2ccc(F)cc2s1.Cl. The van der Waals surface area contributed by atoms with Crippen LogP contribution in [0.2, 0.25) is 0 Å². The summed E-state index contributed by atoms with van der Waals surface area (Å²) in [7, 11) is 0.387. The van der Waals surface area contributed by atoms with E-state index in [9.17, 15) is 17.6 Å². The predicted octanol–water partition coefficient (Wildman–Crippen LogP) is 4.24. The maximum absolute atomic E-state index is 13.6. The summed E-state index contributed by atoms with van der Waals surface area (Å²) in [5.74, 6) is -0.614. The van der Waals surface area contributed by atoms with Gasteiger partial charge < -0.3 is 4.90 Å². The van der Waals surface area contributed by atoms with E-state index < -0.39 is 10.0 Å². The number of thiazole rings is 1. The molecule has 0 spiro atoms. The Labute approximate surface area is 209 Å². The Morgan fingerprint density at radius 1 is 1.09 bits per heavy atom. The minimum absolute atomic E-state index is 0. The maximum atomic E-state index is 13.6. The second-order valence-corrected chi connectivity index (χ2v) is 11.3. The molecule has 1 aliphatic rings. The van der Waals surface area contributed by atoms with E-state index >= 15 is 0 Å². The molecule has 0 radical (unpaired) electrons. The monoisotopic (exact) mass is 526 g/mol. The minimum Gasteiger partial charge on any atom is -0.309 e. The lowest BCUT2D eigenvalue weighted by atomic mass is 10.2. The molecule has 0 bridgehead atoms. The van der Waals surface area contributed by atoms with E-state index in [-0.39, 0.29) is 29.0 Å². The number of rotatable bonds is 8. The third-order valence-corrected chi connectivity index (χ3v) is 8.56. The van der Waals surface area contributed by atoms with Gasteiger partial charge in [0.2, 0.25) is 10.0 Å². The molecule has 3 aromatic rings. The predicted molar refractivity (Wildman–Crippen MR) is 136 cm³/mol. The van der Waals surface area contributed by atoms with Crippen molar-refractivity contribution in [1.29, 1.82) is 0 Å². The van der Waals surface area contributed by atoms with E-state index in [1.807, 2.05) is 19.0 Å². The zero-order valence-corrected chi connectivity index (χ0v) is 21.6. The molecule has 184 valence electrons. The van der Waals surface area contributed by atoms with E-state index in [0.717, 1.165) is 25.8 Å². The molecule has 4 rings (SSSR count).